The summed E-state index contributed by atoms with van der Waals surface area (Å²) in [6, 6.07) is 15.5. The molecule has 0 aliphatic carbocycles. The largest absolute Gasteiger partial charge is 0.493 e. The predicted octanol–water partition coefficient (Wildman–Crippen LogP) is 4.01. The van der Waals surface area contributed by atoms with Crippen LogP contribution in [0, 0.1) is 6.92 Å². The first-order chi connectivity index (χ1) is 15.5. The second-order valence-corrected chi connectivity index (χ2v) is 8.09. The Balaban J connectivity index is 1.72. The van der Waals surface area contributed by atoms with Crippen LogP contribution in [0.1, 0.15) is 39.0 Å². The Morgan fingerprint density at radius 2 is 1.94 bits per heavy atom. The normalized spacial score (nSPS) is 15.6. The average Bonchev–Trinajstić information content (AvgIpc) is 3.36. The minimum absolute atomic E-state index is 0.104. The van der Waals surface area contributed by atoms with E-state index in [-0.39, 0.29) is 11.9 Å². The average molecular weight is 431 g/mol. The summed E-state index contributed by atoms with van der Waals surface area (Å²) in [5.41, 5.74) is 5.55. The van der Waals surface area contributed by atoms with Gasteiger partial charge in [-0.3, -0.25) is 9.48 Å². The SMILES string of the molecule is COc1cccc([C@H]2c3[nH]c4ccccc4c3CCN2C(=O)c2cc(C)n(C)n2)c1OC. The van der Waals surface area contributed by atoms with Gasteiger partial charge in [-0.25, -0.2) is 0 Å². The minimum Gasteiger partial charge on any atom is -0.493 e. The van der Waals surface area contributed by atoms with E-state index in [1.54, 1.807) is 18.9 Å². The van der Waals surface area contributed by atoms with Crippen LogP contribution in [0.15, 0.2) is 48.5 Å². The van der Waals surface area contributed by atoms with E-state index in [1.807, 2.05) is 55.3 Å². The van der Waals surface area contributed by atoms with Crippen LogP contribution < -0.4 is 9.47 Å². The number of fused-ring (bicyclic) bond motifs is 3. The summed E-state index contributed by atoms with van der Waals surface area (Å²) >= 11 is 0. The van der Waals surface area contributed by atoms with Crippen molar-refractivity contribution in [3.8, 4) is 11.5 Å². The molecule has 0 radical (unpaired) electrons. The topological polar surface area (TPSA) is 72.4 Å². The number of methoxy groups -OCH3 is 2. The summed E-state index contributed by atoms with van der Waals surface area (Å²) in [5, 5.41) is 5.64. The van der Waals surface area contributed by atoms with Gasteiger partial charge in [0.15, 0.2) is 17.2 Å². The van der Waals surface area contributed by atoms with Gasteiger partial charge in [0.25, 0.3) is 5.91 Å². The maximum atomic E-state index is 13.7. The van der Waals surface area contributed by atoms with Gasteiger partial charge in [0.05, 0.1) is 14.2 Å². The fourth-order valence-electron chi connectivity index (χ4n) is 4.72. The van der Waals surface area contributed by atoms with Crippen LogP contribution in [-0.2, 0) is 13.5 Å². The number of nitrogens with one attached hydrogen (secondary N) is 1. The van der Waals surface area contributed by atoms with Gasteiger partial charge in [-0.1, -0.05) is 30.3 Å². The molecule has 0 fully saturated rings. The van der Waals surface area contributed by atoms with Crippen LogP contribution >= 0.6 is 0 Å². The van der Waals surface area contributed by atoms with E-state index < -0.39 is 0 Å². The molecule has 0 bridgehead atoms. The Bertz CT molecular complexity index is 1300. The molecule has 0 unspecified atom stereocenters. The van der Waals surface area contributed by atoms with E-state index in [9.17, 15) is 4.79 Å². The van der Waals surface area contributed by atoms with E-state index in [2.05, 4.69) is 22.2 Å². The van der Waals surface area contributed by atoms with Crippen molar-refractivity contribution in [2.24, 2.45) is 7.05 Å². The third-order valence-corrected chi connectivity index (χ3v) is 6.36. The zero-order valence-electron chi connectivity index (χ0n) is 18.7. The number of benzene rings is 2. The molecule has 3 heterocycles. The molecule has 1 aliphatic heterocycles. The summed E-state index contributed by atoms with van der Waals surface area (Å²) in [6.07, 6.45) is 0.764. The Labute approximate surface area is 186 Å². The fourth-order valence-corrected chi connectivity index (χ4v) is 4.72. The summed E-state index contributed by atoms with van der Waals surface area (Å²) in [6.45, 7) is 2.52. The number of nitrogens with zero attached hydrogens (tertiary/aromatic N) is 3. The van der Waals surface area contributed by atoms with Gasteiger partial charge >= 0.3 is 0 Å². The van der Waals surface area contributed by atoms with Crippen molar-refractivity contribution < 1.29 is 14.3 Å². The van der Waals surface area contributed by atoms with Crippen molar-refractivity contribution in [3.05, 3.63) is 76.7 Å². The molecule has 32 heavy (non-hydrogen) atoms. The lowest BCUT2D eigenvalue weighted by atomic mass is 9.91. The molecule has 1 N–H and O–H groups in total. The van der Waals surface area contributed by atoms with Crippen LogP contribution in [-0.4, -0.2) is 46.3 Å². The lowest BCUT2D eigenvalue weighted by molar-refractivity contribution is 0.0683. The number of hydrogen-bond acceptors (Lipinski definition) is 4. The number of carbonyl (C=O) groups excluding carboxylic acids is 1. The van der Waals surface area contributed by atoms with Crippen molar-refractivity contribution in [3.63, 3.8) is 0 Å². The van der Waals surface area contributed by atoms with Crippen molar-refractivity contribution in [2.45, 2.75) is 19.4 Å². The van der Waals surface area contributed by atoms with E-state index in [1.165, 1.54) is 10.9 Å². The first-order valence-electron chi connectivity index (χ1n) is 10.7. The quantitative estimate of drug-likeness (QED) is 0.531. The highest BCUT2D eigenvalue weighted by Gasteiger charge is 2.37. The molecule has 1 amide bonds. The number of para-hydroxylation sites is 2. The van der Waals surface area contributed by atoms with Crippen LogP contribution in [0.3, 0.4) is 0 Å². The maximum Gasteiger partial charge on any atom is 0.275 e. The number of carbonyl (C=O) groups is 1. The van der Waals surface area contributed by atoms with Crippen molar-refractivity contribution >= 4 is 16.8 Å². The zero-order chi connectivity index (χ0) is 22.4. The van der Waals surface area contributed by atoms with E-state index in [0.29, 0.717) is 23.7 Å². The molecule has 164 valence electrons. The number of hydrogen-bond donors (Lipinski definition) is 1. The van der Waals surface area contributed by atoms with Gasteiger partial charge in [0.2, 0.25) is 0 Å². The van der Waals surface area contributed by atoms with Crippen molar-refractivity contribution in [1.29, 1.82) is 0 Å². The van der Waals surface area contributed by atoms with Crippen LogP contribution in [0.25, 0.3) is 10.9 Å². The lowest BCUT2D eigenvalue weighted by Crippen LogP contribution is -2.41. The number of ether oxygens (including phenoxy) is 2. The van der Waals surface area contributed by atoms with Gasteiger partial charge in [-0.05, 0) is 37.1 Å². The second-order valence-electron chi connectivity index (χ2n) is 8.09. The third-order valence-electron chi connectivity index (χ3n) is 6.36. The molecule has 0 saturated carbocycles. The highest BCUT2D eigenvalue weighted by molar-refractivity contribution is 5.94. The molecule has 2 aromatic heterocycles. The Hall–Kier alpha value is -3.74. The number of H-pyrrole nitrogens is 1. The number of rotatable bonds is 4. The first-order valence-corrected chi connectivity index (χ1v) is 10.7. The number of aromatic amines is 1. The molecule has 5 rings (SSSR count). The van der Waals surface area contributed by atoms with Crippen molar-refractivity contribution in [1.82, 2.24) is 19.7 Å². The number of aryl methyl sites for hydroxylation is 2. The second kappa shape index (κ2) is 7.75. The maximum absolute atomic E-state index is 13.7. The molecule has 2 aromatic carbocycles. The third kappa shape index (κ3) is 3.04. The molecule has 7 nitrogen and oxygen atoms in total. The fraction of sp³-hybridized carbons (Fsp3) is 0.280. The van der Waals surface area contributed by atoms with Crippen molar-refractivity contribution in [2.75, 3.05) is 20.8 Å². The molecule has 4 aromatic rings. The molecule has 0 spiro atoms. The van der Waals surface area contributed by atoms with Crippen LogP contribution in [0.5, 0.6) is 11.5 Å². The van der Waals surface area contributed by atoms with Crippen LogP contribution in [0.4, 0.5) is 0 Å². The van der Waals surface area contributed by atoms with Gasteiger partial charge in [-0.2, -0.15) is 5.10 Å². The first kappa shape index (κ1) is 20.2. The molecule has 7 heteroatoms. The Morgan fingerprint density at radius 3 is 2.66 bits per heavy atom. The number of amides is 1. The molecule has 1 aliphatic rings. The molecule has 0 saturated heterocycles. The van der Waals surface area contributed by atoms with Gasteiger partial charge in [0, 0.05) is 41.4 Å². The van der Waals surface area contributed by atoms with E-state index in [4.69, 9.17) is 9.47 Å². The molecule has 1 atom stereocenters. The van der Waals surface area contributed by atoms with E-state index in [0.717, 1.165) is 28.9 Å². The zero-order valence-corrected chi connectivity index (χ0v) is 18.7. The molecular formula is C25H26N4O3. The van der Waals surface area contributed by atoms with Crippen LogP contribution in [0.2, 0.25) is 0 Å². The standard InChI is InChI=1S/C25H26N4O3/c1-15-14-20(27-28(15)2)25(30)29-13-12-17-16-8-5-6-10-19(16)26-22(17)23(29)18-9-7-11-21(31-3)24(18)32-4/h5-11,14,23,26H,12-13H2,1-4H3/t23-/m0/s1. The summed E-state index contributed by atoms with van der Waals surface area (Å²) in [7, 11) is 5.10. The highest BCUT2D eigenvalue weighted by Crippen LogP contribution is 2.44. The monoisotopic (exact) mass is 430 g/mol. The lowest BCUT2D eigenvalue weighted by Gasteiger charge is -2.36. The summed E-state index contributed by atoms with van der Waals surface area (Å²) in [4.78, 5) is 19.2. The van der Waals surface area contributed by atoms with Gasteiger partial charge in [-0.15, -0.1) is 0 Å². The van der Waals surface area contributed by atoms with Gasteiger partial charge in [0.1, 0.15) is 6.04 Å². The Kier molecular flexibility index (Phi) is 4.89. The molecular weight excluding hydrogens is 404 g/mol. The summed E-state index contributed by atoms with van der Waals surface area (Å²) < 4.78 is 13.1. The Morgan fingerprint density at radius 1 is 1.12 bits per heavy atom. The number of aromatic nitrogens is 3. The minimum atomic E-state index is -0.356. The predicted molar refractivity (Wildman–Crippen MR) is 122 cm³/mol. The van der Waals surface area contributed by atoms with Gasteiger partial charge < -0.3 is 19.4 Å². The summed E-state index contributed by atoms with van der Waals surface area (Å²) in [5.74, 6) is 1.16. The van der Waals surface area contributed by atoms with E-state index >= 15 is 0 Å². The highest BCUT2D eigenvalue weighted by atomic mass is 16.5. The smallest absolute Gasteiger partial charge is 0.275 e.